The molecular weight excluding hydrogens is 348 g/mol. The van der Waals surface area contributed by atoms with Gasteiger partial charge in [-0.25, -0.2) is 4.98 Å². The van der Waals surface area contributed by atoms with E-state index in [-0.39, 0.29) is 0 Å². The van der Waals surface area contributed by atoms with Gasteiger partial charge in [0.05, 0.1) is 0 Å². The molecule has 3 aromatic rings. The van der Waals surface area contributed by atoms with Gasteiger partial charge < -0.3 is 4.57 Å². The molecule has 0 atom stereocenters. The van der Waals surface area contributed by atoms with E-state index in [1.807, 2.05) is 19.2 Å². The van der Waals surface area contributed by atoms with Crippen LogP contribution in [0.1, 0.15) is 36.0 Å². The Balaban J connectivity index is 1.69. The van der Waals surface area contributed by atoms with Crippen molar-refractivity contribution in [3.63, 3.8) is 0 Å². The number of aromatic nitrogens is 4. The van der Waals surface area contributed by atoms with Crippen molar-refractivity contribution in [1.29, 1.82) is 0 Å². The Kier molecular flexibility index (Phi) is 5.71. The zero-order valence-corrected chi connectivity index (χ0v) is 16.4. The fourth-order valence-corrected chi connectivity index (χ4v) is 4.39. The average molecular weight is 371 g/mol. The van der Waals surface area contributed by atoms with Gasteiger partial charge >= 0.3 is 0 Å². The van der Waals surface area contributed by atoms with E-state index >= 15 is 0 Å². The van der Waals surface area contributed by atoms with Crippen LogP contribution in [0.4, 0.5) is 0 Å². The van der Waals surface area contributed by atoms with Gasteiger partial charge in [-0.1, -0.05) is 56.0 Å². The minimum Gasteiger partial charge on any atom is -0.302 e. The summed E-state index contributed by atoms with van der Waals surface area (Å²) in [6.07, 6.45) is 3.83. The maximum atomic E-state index is 4.58. The number of nitrogens with zero attached hydrogens (tertiary/aromatic N) is 4. The van der Waals surface area contributed by atoms with Gasteiger partial charge in [0.25, 0.3) is 0 Å². The van der Waals surface area contributed by atoms with E-state index in [4.69, 9.17) is 0 Å². The second-order valence-corrected chi connectivity index (χ2v) is 8.18. The van der Waals surface area contributed by atoms with Crippen LogP contribution < -0.4 is 0 Å². The molecule has 2 heterocycles. The first-order valence-corrected chi connectivity index (χ1v) is 10.1. The third kappa shape index (κ3) is 4.19. The molecule has 0 saturated heterocycles. The Morgan fingerprint density at radius 3 is 2.68 bits per heavy atom. The maximum absolute atomic E-state index is 4.58. The summed E-state index contributed by atoms with van der Waals surface area (Å²) in [5.41, 5.74) is 2.53. The predicted octanol–water partition coefficient (Wildman–Crippen LogP) is 5.31. The van der Waals surface area contributed by atoms with Gasteiger partial charge in [0.1, 0.15) is 10.8 Å². The van der Waals surface area contributed by atoms with Crippen molar-refractivity contribution in [1.82, 2.24) is 19.7 Å². The Morgan fingerprint density at radius 2 is 2.00 bits per heavy atom. The van der Waals surface area contributed by atoms with Crippen LogP contribution in [0.2, 0.25) is 0 Å². The number of aryl methyl sites for hydroxylation is 1. The van der Waals surface area contributed by atoms with Gasteiger partial charge in [0, 0.05) is 28.9 Å². The van der Waals surface area contributed by atoms with Crippen molar-refractivity contribution in [2.45, 2.75) is 44.1 Å². The van der Waals surface area contributed by atoms with E-state index in [1.165, 1.54) is 16.0 Å². The molecule has 0 amide bonds. The second-order valence-electron chi connectivity index (χ2n) is 6.13. The second kappa shape index (κ2) is 7.97. The quantitative estimate of drug-likeness (QED) is 0.417. The molecular formula is C19H22N4S2. The highest BCUT2D eigenvalue weighted by atomic mass is 32.2. The van der Waals surface area contributed by atoms with Crippen LogP contribution in [0.15, 0.2) is 48.3 Å². The summed E-state index contributed by atoms with van der Waals surface area (Å²) in [5, 5.41) is 10.4. The van der Waals surface area contributed by atoms with Gasteiger partial charge in [-0.15, -0.1) is 28.1 Å². The van der Waals surface area contributed by atoms with Crippen LogP contribution in [0.3, 0.4) is 0 Å². The van der Waals surface area contributed by atoms with Crippen LogP contribution >= 0.6 is 23.1 Å². The number of rotatable bonds is 7. The Morgan fingerprint density at radius 1 is 1.24 bits per heavy atom. The molecule has 25 heavy (non-hydrogen) atoms. The molecule has 0 spiro atoms. The van der Waals surface area contributed by atoms with Gasteiger partial charge in [-0.2, -0.15) is 0 Å². The highest BCUT2D eigenvalue weighted by Crippen LogP contribution is 2.30. The Hall–Kier alpha value is -1.92. The summed E-state index contributed by atoms with van der Waals surface area (Å²) in [6, 6.07) is 8.71. The molecule has 0 unspecified atom stereocenters. The number of benzene rings is 1. The van der Waals surface area contributed by atoms with Crippen molar-refractivity contribution in [2.75, 3.05) is 0 Å². The summed E-state index contributed by atoms with van der Waals surface area (Å²) >= 11 is 3.42. The number of thioether (sulfide) groups is 1. The lowest BCUT2D eigenvalue weighted by Crippen LogP contribution is -1.99. The molecule has 0 fully saturated rings. The molecule has 0 aliphatic heterocycles. The molecule has 6 heteroatoms. The fourth-order valence-electron chi connectivity index (χ4n) is 2.46. The smallest absolute Gasteiger partial charge is 0.191 e. The van der Waals surface area contributed by atoms with Gasteiger partial charge in [-0.3, -0.25) is 0 Å². The normalized spacial score (nSPS) is 11.2. The molecule has 0 aliphatic carbocycles. The minimum atomic E-state index is 0.550. The standard InChI is InChI=1S/C19H22N4S2/c1-5-10-23-14(4)21-22-19(23)24-12-17-11-20-18(25-17)16-8-6-15(7-9-16)13(2)3/h5-9,11,13H,1,10,12H2,2-4H3. The highest BCUT2D eigenvalue weighted by Gasteiger charge is 2.11. The molecule has 0 saturated carbocycles. The average Bonchev–Trinajstić information content (AvgIpc) is 3.21. The zero-order valence-electron chi connectivity index (χ0n) is 14.8. The molecule has 4 nitrogen and oxygen atoms in total. The van der Waals surface area contributed by atoms with Crippen molar-refractivity contribution < 1.29 is 0 Å². The van der Waals surface area contributed by atoms with Crippen LogP contribution in [0.5, 0.6) is 0 Å². The minimum absolute atomic E-state index is 0.550. The van der Waals surface area contributed by atoms with Crippen LogP contribution in [-0.2, 0) is 12.3 Å². The number of allylic oxidation sites excluding steroid dienone is 1. The molecule has 1 aromatic carbocycles. The Bertz CT molecular complexity index is 847. The summed E-state index contributed by atoms with van der Waals surface area (Å²) in [6.45, 7) is 10.9. The fraction of sp³-hybridized carbons (Fsp3) is 0.316. The number of thiazole rings is 1. The lowest BCUT2D eigenvalue weighted by molar-refractivity contribution is 0.703. The van der Waals surface area contributed by atoms with Crippen molar-refractivity contribution >= 4 is 23.1 Å². The van der Waals surface area contributed by atoms with Crippen molar-refractivity contribution in [3.05, 3.63) is 59.4 Å². The summed E-state index contributed by atoms with van der Waals surface area (Å²) in [7, 11) is 0. The molecule has 3 rings (SSSR count). The Labute approximate surface area is 157 Å². The molecule has 0 aliphatic rings. The summed E-state index contributed by atoms with van der Waals surface area (Å²) in [5.74, 6) is 2.31. The predicted molar refractivity (Wildman–Crippen MR) is 106 cm³/mol. The first-order valence-electron chi connectivity index (χ1n) is 8.27. The maximum Gasteiger partial charge on any atom is 0.191 e. The first-order chi connectivity index (χ1) is 12.1. The van der Waals surface area contributed by atoms with Gasteiger partial charge in [0.2, 0.25) is 0 Å². The largest absolute Gasteiger partial charge is 0.302 e. The van der Waals surface area contributed by atoms with Crippen LogP contribution in [-0.4, -0.2) is 19.7 Å². The number of hydrogen-bond acceptors (Lipinski definition) is 5. The van der Waals surface area contributed by atoms with E-state index < -0.39 is 0 Å². The molecule has 130 valence electrons. The van der Waals surface area contributed by atoms with Gasteiger partial charge in [0.15, 0.2) is 5.16 Å². The summed E-state index contributed by atoms with van der Waals surface area (Å²) < 4.78 is 2.07. The van der Waals surface area contributed by atoms with E-state index in [9.17, 15) is 0 Å². The van der Waals surface area contributed by atoms with Crippen molar-refractivity contribution in [2.24, 2.45) is 0 Å². The van der Waals surface area contributed by atoms with Crippen LogP contribution in [0, 0.1) is 6.92 Å². The third-order valence-electron chi connectivity index (χ3n) is 3.93. The summed E-state index contributed by atoms with van der Waals surface area (Å²) in [4.78, 5) is 5.82. The van der Waals surface area contributed by atoms with E-state index in [1.54, 1.807) is 23.1 Å². The molecule has 0 radical (unpaired) electrons. The molecule has 0 bridgehead atoms. The number of hydrogen-bond donors (Lipinski definition) is 0. The van der Waals surface area contributed by atoms with Gasteiger partial charge in [-0.05, 0) is 18.4 Å². The lowest BCUT2D eigenvalue weighted by Gasteiger charge is -2.05. The van der Waals surface area contributed by atoms with E-state index in [2.05, 4.69) is 64.4 Å². The zero-order chi connectivity index (χ0) is 17.8. The monoisotopic (exact) mass is 370 g/mol. The first kappa shape index (κ1) is 17.9. The van der Waals surface area contributed by atoms with Crippen LogP contribution in [0.25, 0.3) is 10.6 Å². The third-order valence-corrected chi connectivity index (χ3v) is 6.18. The molecule has 0 N–H and O–H groups in total. The van der Waals surface area contributed by atoms with E-state index in [0.717, 1.165) is 28.3 Å². The lowest BCUT2D eigenvalue weighted by atomic mass is 10.0. The topological polar surface area (TPSA) is 43.6 Å². The van der Waals surface area contributed by atoms with E-state index in [0.29, 0.717) is 5.92 Å². The highest BCUT2D eigenvalue weighted by molar-refractivity contribution is 7.98. The SMILES string of the molecule is C=CCn1c(C)nnc1SCc1cnc(-c2ccc(C(C)C)cc2)s1. The van der Waals surface area contributed by atoms with Crippen molar-refractivity contribution in [3.8, 4) is 10.6 Å². The molecule has 2 aromatic heterocycles.